The topological polar surface area (TPSA) is 41.5 Å². The number of benzene rings is 2. The van der Waals surface area contributed by atoms with E-state index in [0.29, 0.717) is 12.4 Å². The Morgan fingerprint density at radius 3 is 2.87 bits per heavy atom. The van der Waals surface area contributed by atoms with Crippen molar-refractivity contribution in [3.05, 3.63) is 65.2 Å². The van der Waals surface area contributed by atoms with Crippen molar-refractivity contribution in [3.8, 4) is 5.75 Å². The summed E-state index contributed by atoms with van der Waals surface area (Å²) in [5.41, 5.74) is 0.993. The number of hydrogen-bond acceptors (Lipinski definition) is 3. The molecule has 3 rings (SSSR count). The van der Waals surface area contributed by atoms with Crippen molar-refractivity contribution in [2.75, 3.05) is 13.2 Å². The summed E-state index contributed by atoms with van der Waals surface area (Å²) in [7, 11) is 0. The zero-order valence-electron chi connectivity index (χ0n) is 12.6. The molecule has 122 valence electrons. The lowest BCUT2D eigenvalue weighted by Gasteiger charge is -2.21. The molecule has 0 saturated carbocycles. The monoisotopic (exact) mass is 319 g/mol. The number of nitrogens with one attached hydrogen (secondary N) is 1. The fourth-order valence-electron chi connectivity index (χ4n) is 2.87. The Bertz CT molecular complexity index is 678. The van der Waals surface area contributed by atoms with Crippen LogP contribution in [0.2, 0.25) is 0 Å². The average Bonchev–Trinajstić information content (AvgIpc) is 2.75. The molecule has 0 bridgehead atoms. The third-order valence-electron chi connectivity index (χ3n) is 4.06. The molecule has 1 aliphatic heterocycles. The van der Waals surface area contributed by atoms with E-state index < -0.39 is 11.9 Å². The molecule has 23 heavy (non-hydrogen) atoms. The van der Waals surface area contributed by atoms with Gasteiger partial charge in [0.15, 0.2) is 0 Å². The molecule has 0 aromatic heterocycles. The van der Waals surface area contributed by atoms with Crippen LogP contribution in [-0.2, 0) is 0 Å². The van der Waals surface area contributed by atoms with Gasteiger partial charge in [0.2, 0.25) is 0 Å². The van der Waals surface area contributed by atoms with Crippen molar-refractivity contribution in [1.29, 1.82) is 0 Å². The molecule has 1 heterocycles. The summed E-state index contributed by atoms with van der Waals surface area (Å²) in [5.74, 6) is -0.102. The second kappa shape index (κ2) is 7.06. The molecular formula is C18H19F2NO2. The molecule has 0 fully saturated rings. The number of rotatable bonds is 4. The third-order valence-corrected chi connectivity index (χ3v) is 4.06. The molecule has 1 aliphatic rings. The second-order valence-electron chi connectivity index (χ2n) is 5.67. The SMILES string of the molecule is OC(CNC1CCCOc2ccc(F)cc21)c1ccccc1F. The highest BCUT2D eigenvalue weighted by Crippen LogP contribution is 2.32. The van der Waals surface area contributed by atoms with Gasteiger partial charge in [-0.3, -0.25) is 0 Å². The van der Waals surface area contributed by atoms with Crippen molar-refractivity contribution in [2.45, 2.75) is 25.0 Å². The maximum atomic E-state index is 13.7. The van der Waals surface area contributed by atoms with Gasteiger partial charge in [0.05, 0.1) is 12.7 Å². The molecule has 0 radical (unpaired) electrons. The van der Waals surface area contributed by atoms with Crippen LogP contribution in [0.5, 0.6) is 5.75 Å². The lowest BCUT2D eigenvalue weighted by Crippen LogP contribution is -2.27. The Hall–Kier alpha value is -1.98. The second-order valence-corrected chi connectivity index (χ2v) is 5.67. The molecule has 2 N–H and O–H groups in total. The molecule has 2 unspecified atom stereocenters. The zero-order chi connectivity index (χ0) is 16.2. The first-order chi connectivity index (χ1) is 11.1. The van der Waals surface area contributed by atoms with Crippen LogP contribution in [0.3, 0.4) is 0 Å². The summed E-state index contributed by atoms with van der Waals surface area (Å²) >= 11 is 0. The van der Waals surface area contributed by atoms with Gasteiger partial charge in [0.25, 0.3) is 0 Å². The van der Waals surface area contributed by atoms with Gasteiger partial charge in [0.1, 0.15) is 17.4 Å². The molecule has 0 saturated heterocycles. The molecule has 2 atom stereocenters. The van der Waals surface area contributed by atoms with E-state index >= 15 is 0 Å². The molecule has 0 aliphatic carbocycles. The highest BCUT2D eigenvalue weighted by Gasteiger charge is 2.22. The van der Waals surface area contributed by atoms with Crippen LogP contribution in [0.25, 0.3) is 0 Å². The lowest BCUT2D eigenvalue weighted by atomic mass is 10.0. The van der Waals surface area contributed by atoms with Crippen LogP contribution in [0.15, 0.2) is 42.5 Å². The van der Waals surface area contributed by atoms with Gasteiger partial charge in [-0.2, -0.15) is 0 Å². The van der Waals surface area contributed by atoms with E-state index in [1.165, 1.54) is 18.2 Å². The minimum absolute atomic E-state index is 0.135. The fraction of sp³-hybridized carbons (Fsp3) is 0.333. The van der Waals surface area contributed by atoms with E-state index in [0.717, 1.165) is 18.4 Å². The fourth-order valence-corrected chi connectivity index (χ4v) is 2.87. The van der Waals surface area contributed by atoms with Crippen LogP contribution in [-0.4, -0.2) is 18.3 Å². The largest absolute Gasteiger partial charge is 0.493 e. The van der Waals surface area contributed by atoms with E-state index in [-0.39, 0.29) is 24.0 Å². The van der Waals surface area contributed by atoms with Gasteiger partial charge in [-0.15, -0.1) is 0 Å². The van der Waals surface area contributed by atoms with Crippen molar-refractivity contribution < 1.29 is 18.6 Å². The van der Waals surface area contributed by atoms with E-state index in [4.69, 9.17) is 4.74 Å². The standard InChI is InChI=1S/C18H19F2NO2/c19-12-7-8-18-14(10-12)16(6-3-9-23-18)21-11-17(22)13-4-1-2-5-15(13)20/h1-2,4-5,7-8,10,16-17,21-22H,3,6,9,11H2. The molecule has 0 amide bonds. The number of halogens is 2. The van der Waals surface area contributed by atoms with Crippen LogP contribution < -0.4 is 10.1 Å². The molecule has 2 aromatic rings. The van der Waals surface area contributed by atoms with Gasteiger partial charge in [-0.05, 0) is 37.1 Å². The maximum absolute atomic E-state index is 13.7. The quantitative estimate of drug-likeness (QED) is 0.906. The summed E-state index contributed by atoms with van der Waals surface area (Å²) in [6.07, 6.45) is 0.627. The number of hydrogen-bond donors (Lipinski definition) is 2. The number of aliphatic hydroxyl groups excluding tert-OH is 1. The van der Waals surface area contributed by atoms with Gasteiger partial charge < -0.3 is 15.2 Å². The third kappa shape index (κ3) is 3.68. The van der Waals surface area contributed by atoms with Crippen molar-refractivity contribution in [2.24, 2.45) is 0 Å². The first-order valence-corrected chi connectivity index (χ1v) is 7.73. The van der Waals surface area contributed by atoms with Crippen LogP contribution in [0.1, 0.15) is 36.1 Å². The molecule has 0 spiro atoms. The zero-order valence-corrected chi connectivity index (χ0v) is 12.6. The van der Waals surface area contributed by atoms with Crippen molar-refractivity contribution >= 4 is 0 Å². The van der Waals surface area contributed by atoms with Gasteiger partial charge >= 0.3 is 0 Å². The first-order valence-electron chi connectivity index (χ1n) is 7.73. The highest BCUT2D eigenvalue weighted by atomic mass is 19.1. The highest BCUT2D eigenvalue weighted by molar-refractivity contribution is 5.37. The van der Waals surface area contributed by atoms with Crippen LogP contribution >= 0.6 is 0 Å². The van der Waals surface area contributed by atoms with Crippen LogP contribution in [0, 0.1) is 11.6 Å². The van der Waals surface area contributed by atoms with Gasteiger partial charge in [-0.1, -0.05) is 18.2 Å². The average molecular weight is 319 g/mol. The first kappa shape index (κ1) is 15.9. The van der Waals surface area contributed by atoms with E-state index in [2.05, 4.69) is 5.32 Å². The normalized spacial score (nSPS) is 18.7. The van der Waals surface area contributed by atoms with Crippen LogP contribution in [0.4, 0.5) is 8.78 Å². The van der Waals surface area contributed by atoms with Gasteiger partial charge in [0, 0.05) is 23.7 Å². The Labute approximate surface area is 133 Å². The minimum atomic E-state index is -0.961. The maximum Gasteiger partial charge on any atom is 0.129 e. The number of aliphatic hydroxyl groups is 1. The molecular weight excluding hydrogens is 300 g/mol. The summed E-state index contributed by atoms with van der Waals surface area (Å²) in [6, 6.07) is 10.5. The summed E-state index contributed by atoms with van der Waals surface area (Å²) in [5, 5.41) is 13.4. The van der Waals surface area contributed by atoms with Gasteiger partial charge in [-0.25, -0.2) is 8.78 Å². The minimum Gasteiger partial charge on any atom is -0.493 e. The Morgan fingerprint density at radius 2 is 2.04 bits per heavy atom. The van der Waals surface area contributed by atoms with Crippen molar-refractivity contribution in [3.63, 3.8) is 0 Å². The van der Waals surface area contributed by atoms with Crippen molar-refractivity contribution in [1.82, 2.24) is 5.32 Å². The smallest absolute Gasteiger partial charge is 0.129 e. The Morgan fingerprint density at radius 1 is 1.22 bits per heavy atom. The predicted molar refractivity (Wildman–Crippen MR) is 83.2 cm³/mol. The van der Waals surface area contributed by atoms with E-state index in [9.17, 15) is 13.9 Å². The number of ether oxygens (including phenoxy) is 1. The van der Waals surface area contributed by atoms with E-state index in [1.54, 1.807) is 24.3 Å². The Balaban J connectivity index is 1.73. The number of fused-ring (bicyclic) bond motifs is 1. The molecule has 3 nitrogen and oxygen atoms in total. The molecule has 5 heteroatoms. The summed E-state index contributed by atoms with van der Waals surface area (Å²) < 4.78 is 32.9. The summed E-state index contributed by atoms with van der Waals surface area (Å²) in [6.45, 7) is 0.758. The Kier molecular flexibility index (Phi) is 4.88. The molecule has 2 aromatic carbocycles. The lowest BCUT2D eigenvalue weighted by molar-refractivity contribution is 0.164. The summed E-state index contributed by atoms with van der Waals surface area (Å²) in [4.78, 5) is 0. The van der Waals surface area contributed by atoms with E-state index in [1.807, 2.05) is 0 Å². The predicted octanol–water partition coefficient (Wildman–Crippen LogP) is 3.50.